The van der Waals surface area contributed by atoms with Gasteiger partial charge in [-0.1, -0.05) is 23.7 Å². The zero-order chi connectivity index (χ0) is 20.1. The first-order valence-corrected chi connectivity index (χ1v) is 9.67. The minimum atomic E-state index is -0.574. The summed E-state index contributed by atoms with van der Waals surface area (Å²) in [5.41, 5.74) is 2.65. The first-order chi connectivity index (χ1) is 13.4. The average Bonchev–Trinajstić information content (AvgIpc) is 3.24. The first-order valence-electron chi connectivity index (χ1n) is 8.41. The van der Waals surface area contributed by atoms with E-state index in [0.717, 1.165) is 16.0 Å². The molecule has 3 rings (SSSR count). The Morgan fingerprint density at radius 3 is 2.71 bits per heavy atom. The number of anilines is 1. The van der Waals surface area contributed by atoms with E-state index in [1.807, 2.05) is 30.5 Å². The number of benzene rings is 1. The Hall–Kier alpha value is -2.90. The molecule has 0 aliphatic rings. The fourth-order valence-electron chi connectivity index (χ4n) is 2.41. The van der Waals surface area contributed by atoms with E-state index in [1.165, 1.54) is 17.4 Å². The van der Waals surface area contributed by atoms with E-state index in [2.05, 4.69) is 10.4 Å². The van der Waals surface area contributed by atoms with Crippen LogP contribution in [0.4, 0.5) is 5.82 Å². The molecule has 144 valence electrons. The highest BCUT2D eigenvalue weighted by atomic mass is 35.5. The van der Waals surface area contributed by atoms with E-state index in [4.69, 9.17) is 16.3 Å². The summed E-state index contributed by atoms with van der Waals surface area (Å²) >= 11 is 7.43. The van der Waals surface area contributed by atoms with Gasteiger partial charge in [0.15, 0.2) is 6.61 Å². The highest BCUT2D eigenvalue weighted by molar-refractivity contribution is 7.11. The van der Waals surface area contributed by atoms with Crippen molar-refractivity contribution in [1.29, 1.82) is 0 Å². The van der Waals surface area contributed by atoms with Gasteiger partial charge in [0.2, 0.25) is 0 Å². The molecule has 0 saturated carbocycles. The Morgan fingerprint density at radius 1 is 1.29 bits per heavy atom. The quantitative estimate of drug-likeness (QED) is 0.481. The number of esters is 1. The monoisotopic (exact) mass is 415 g/mol. The number of thiophene rings is 1. The van der Waals surface area contributed by atoms with Crippen LogP contribution in [0.3, 0.4) is 0 Å². The minimum Gasteiger partial charge on any atom is -0.452 e. The van der Waals surface area contributed by atoms with E-state index in [9.17, 15) is 9.59 Å². The third kappa shape index (κ3) is 5.09. The number of rotatable bonds is 6. The molecule has 28 heavy (non-hydrogen) atoms. The molecule has 0 aliphatic heterocycles. The van der Waals surface area contributed by atoms with Crippen molar-refractivity contribution >= 4 is 46.7 Å². The molecule has 1 aromatic carbocycles. The molecular weight excluding hydrogens is 398 g/mol. The highest BCUT2D eigenvalue weighted by Crippen LogP contribution is 2.23. The number of nitrogens with one attached hydrogen (secondary N) is 1. The molecule has 0 aliphatic carbocycles. The largest absolute Gasteiger partial charge is 0.452 e. The van der Waals surface area contributed by atoms with Crippen LogP contribution in [0.15, 0.2) is 47.9 Å². The van der Waals surface area contributed by atoms with Crippen LogP contribution in [0.1, 0.15) is 10.4 Å². The summed E-state index contributed by atoms with van der Waals surface area (Å²) in [5.74, 6) is -0.523. The summed E-state index contributed by atoms with van der Waals surface area (Å²) in [6, 6.07) is 10.9. The SMILES string of the molecule is Cc1ccsc1/C=C/C(=O)OCC(=O)Nc1cc(-c2ccc(Cl)cc2)nn1C. The zero-order valence-corrected chi connectivity index (χ0v) is 16.9. The van der Waals surface area contributed by atoms with Gasteiger partial charge in [0.05, 0.1) is 5.69 Å². The number of aromatic nitrogens is 2. The van der Waals surface area contributed by atoms with E-state index in [-0.39, 0.29) is 6.61 Å². The molecule has 3 aromatic rings. The Balaban J connectivity index is 1.55. The van der Waals surface area contributed by atoms with Crippen LogP contribution < -0.4 is 5.32 Å². The number of halogens is 1. The van der Waals surface area contributed by atoms with Crippen molar-refractivity contribution in [2.75, 3.05) is 11.9 Å². The standard InChI is InChI=1S/C20H18ClN3O3S/c1-13-9-10-28-17(13)7-8-20(26)27-12-19(25)22-18-11-16(23-24(18)2)14-3-5-15(21)6-4-14/h3-11H,12H2,1-2H3,(H,22,25)/b8-7+. The topological polar surface area (TPSA) is 73.2 Å². The number of amides is 1. The summed E-state index contributed by atoms with van der Waals surface area (Å²) in [6.45, 7) is 1.58. The van der Waals surface area contributed by atoms with Crippen LogP contribution >= 0.6 is 22.9 Å². The third-order valence-corrected chi connectivity index (χ3v) is 5.14. The maximum atomic E-state index is 12.1. The Labute approximate surface area is 171 Å². The molecule has 8 heteroatoms. The van der Waals surface area contributed by atoms with E-state index in [0.29, 0.717) is 16.5 Å². The van der Waals surface area contributed by atoms with Gasteiger partial charge in [0.25, 0.3) is 5.91 Å². The molecule has 0 saturated heterocycles. The maximum Gasteiger partial charge on any atom is 0.331 e. The summed E-state index contributed by atoms with van der Waals surface area (Å²) in [5, 5.41) is 9.63. The lowest BCUT2D eigenvalue weighted by Crippen LogP contribution is -2.21. The van der Waals surface area contributed by atoms with Crippen LogP contribution in [0.5, 0.6) is 0 Å². The van der Waals surface area contributed by atoms with Gasteiger partial charge in [-0.3, -0.25) is 9.48 Å². The molecule has 0 bridgehead atoms. The normalized spacial score (nSPS) is 11.0. The molecule has 6 nitrogen and oxygen atoms in total. The van der Waals surface area contributed by atoms with Gasteiger partial charge >= 0.3 is 5.97 Å². The van der Waals surface area contributed by atoms with Crippen molar-refractivity contribution < 1.29 is 14.3 Å². The van der Waals surface area contributed by atoms with E-state index in [1.54, 1.807) is 36.0 Å². The lowest BCUT2D eigenvalue weighted by molar-refractivity contribution is -0.142. The predicted molar refractivity (Wildman–Crippen MR) is 111 cm³/mol. The van der Waals surface area contributed by atoms with Gasteiger partial charge in [-0.2, -0.15) is 5.10 Å². The molecule has 0 unspecified atom stereocenters. The summed E-state index contributed by atoms with van der Waals surface area (Å²) in [6.07, 6.45) is 2.99. The van der Waals surface area contributed by atoms with Crippen molar-refractivity contribution in [2.24, 2.45) is 7.05 Å². The average molecular weight is 416 g/mol. The smallest absolute Gasteiger partial charge is 0.331 e. The van der Waals surface area contributed by atoms with Crippen LogP contribution in [0.2, 0.25) is 5.02 Å². The summed E-state index contributed by atoms with van der Waals surface area (Å²) in [4.78, 5) is 24.8. The lowest BCUT2D eigenvalue weighted by atomic mass is 10.1. The second kappa shape index (κ2) is 8.86. The number of ether oxygens (including phenoxy) is 1. The second-order valence-electron chi connectivity index (χ2n) is 6.00. The minimum absolute atomic E-state index is 0.381. The van der Waals surface area contributed by atoms with Crippen LogP contribution in [-0.4, -0.2) is 28.3 Å². The summed E-state index contributed by atoms with van der Waals surface area (Å²) < 4.78 is 6.53. The number of hydrogen-bond acceptors (Lipinski definition) is 5. The van der Waals surface area contributed by atoms with Gasteiger partial charge in [-0.15, -0.1) is 11.3 Å². The van der Waals surface area contributed by atoms with E-state index >= 15 is 0 Å². The van der Waals surface area contributed by atoms with Crippen molar-refractivity contribution in [3.63, 3.8) is 0 Å². The van der Waals surface area contributed by atoms with Crippen LogP contribution in [0, 0.1) is 6.92 Å². The highest BCUT2D eigenvalue weighted by Gasteiger charge is 2.11. The number of carbonyl (C=O) groups excluding carboxylic acids is 2. The van der Waals surface area contributed by atoms with Crippen molar-refractivity contribution in [3.8, 4) is 11.3 Å². The van der Waals surface area contributed by atoms with Gasteiger partial charge in [-0.25, -0.2) is 4.79 Å². The molecule has 0 fully saturated rings. The van der Waals surface area contributed by atoms with Crippen molar-refractivity contribution in [1.82, 2.24) is 9.78 Å². The molecular formula is C20H18ClN3O3S. The van der Waals surface area contributed by atoms with Crippen molar-refractivity contribution in [3.05, 3.63) is 63.3 Å². The Bertz CT molecular complexity index is 1020. The van der Waals surface area contributed by atoms with Gasteiger partial charge in [-0.05, 0) is 42.1 Å². The Kier molecular flexibility index (Phi) is 6.28. The third-order valence-electron chi connectivity index (χ3n) is 3.91. The first kappa shape index (κ1) is 19.9. The molecule has 0 atom stereocenters. The second-order valence-corrected chi connectivity index (χ2v) is 7.39. The number of nitrogens with zero attached hydrogens (tertiary/aromatic N) is 2. The van der Waals surface area contributed by atoms with Crippen molar-refractivity contribution in [2.45, 2.75) is 6.92 Å². The Morgan fingerprint density at radius 2 is 2.04 bits per heavy atom. The molecule has 2 heterocycles. The zero-order valence-electron chi connectivity index (χ0n) is 15.3. The van der Waals surface area contributed by atoms with Gasteiger partial charge in [0, 0.05) is 34.7 Å². The fourth-order valence-corrected chi connectivity index (χ4v) is 3.35. The lowest BCUT2D eigenvalue weighted by Gasteiger charge is -2.05. The maximum absolute atomic E-state index is 12.1. The predicted octanol–water partition coefficient (Wildman–Crippen LogP) is 4.31. The molecule has 0 spiro atoms. The van der Waals surface area contributed by atoms with Crippen LogP contribution in [-0.2, 0) is 21.4 Å². The molecule has 1 N–H and O–H groups in total. The van der Waals surface area contributed by atoms with Gasteiger partial charge in [0.1, 0.15) is 5.82 Å². The summed E-state index contributed by atoms with van der Waals surface area (Å²) in [7, 11) is 1.72. The van der Waals surface area contributed by atoms with E-state index < -0.39 is 11.9 Å². The van der Waals surface area contributed by atoms with Crippen LogP contribution in [0.25, 0.3) is 17.3 Å². The van der Waals surface area contributed by atoms with Gasteiger partial charge < -0.3 is 10.1 Å². The number of hydrogen-bond donors (Lipinski definition) is 1. The number of aryl methyl sites for hydroxylation is 2. The number of carbonyl (C=O) groups is 2. The molecule has 0 radical (unpaired) electrons. The fraction of sp³-hybridized carbons (Fsp3) is 0.150. The molecule has 2 aromatic heterocycles. The molecule has 1 amide bonds.